The van der Waals surface area contributed by atoms with Gasteiger partial charge >= 0.3 is 5.88 Å². The second kappa shape index (κ2) is 2.60. The summed E-state index contributed by atoms with van der Waals surface area (Å²) in [7, 11) is 3.39. The number of hydrogen-bond acceptors (Lipinski definition) is 2. The molecule has 0 unspecified atom stereocenters. The summed E-state index contributed by atoms with van der Waals surface area (Å²) in [6, 6.07) is 1.68. The molecule has 74 valence electrons. The van der Waals surface area contributed by atoms with Crippen LogP contribution in [0.3, 0.4) is 0 Å². The molecule has 0 radical (unpaired) electrons. The predicted molar refractivity (Wildman–Crippen MR) is 50.2 cm³/mol. The summed E-state index contributed by atoms with van der Waals surface area (Å²) in [4.78, 5) is 11.6. The van der Waals surface area contributed by atoms with Crippen molar-refractivity contribution < 1.29 is 9.67 Å². The molecule has 0 saturated heterocycles. The molecule has 0 aliphatic carbocycles. The predicted octanol–water partition coefficient (Wildman–Crippen LogP) is -0.523. The standard InChI is InChI=1S/C9H11N3O2/c1-6-4-7-9(14)10(2)5-12(7)11(3)8(6)13/h4-5H,1-3H3/p+1. The average Bonchev–Trinajstić information content (AvgIpc) is 2.42. The SMILES string of the molecule is Cc1cc2c(O)[n+](C)cn2n(C)c1=O. The van der Waals surface area contributed by atoms with Gasteiger partial charge in [-0.1, -0.05) is 0 Å². The van der Waals surface area contributed by atoms with E-state index in [1.165, 1.54) is 4.68 Å². The van der Waals surface area contributed by atoms with Crippen LogP contribution in [0, 0.1) is 6.92 Å². The van der Waals surface area contributed by atoms with E-state index in [4.69, 9.17) is 0 Å². The molecule has 5 heteroatoms. The van der Waals surface area contributed by atoms with Crippen LogP contribution in [-0.4, -0.2) is 14.3 Å². The summed E-state index contributed by atoms with van der Waals surface area (Å²) < 4.78 is 4.64. The number of aryl methyl sites for hydroxylation is 3. The Morgan fingerprint density at radius 3 is 2.79 bits per heavy atom. The molecule has 0 aromatic carbocycles. The van der Waals surface area contributed by atoms with Gasteiger partial charge in [0.05, 0.1) is 14.1 Å². The molecular weight excluding hydrogens is 182 g/mol. The van der Waals surface area contributed by atoms with Gasteiger partial charge in [-0.25, -0.2) is 4.57 Å². The van der Waals surface area contributed by atoms with E-state index in [1.54, 1.807) is 42.5 Å². The van der Waals surface area contributed by atoms with Gasteiger partial charge in [-0.05, 0) is 6.92 Å². The zero-order chi connectivity index (χ0) is 10.5. The summed E-state index contributed by atoms with van der Waals surface area (Å²) >= 11 is 0. The average molecular weight is 194 g/mol. The molecule has 2 rings (SSSR count). The van der Waals surface area contributed by atoms with Gasteiger partial charge < -0.3 is 5.11 Å². The Labute approximate surface area is 80.4 Å². The first-order chi connectivity index (χ1) is 6.52. The van der Waals surface area contributed by atoms with Crippen molar-refractivity contribution >= 4 is 5.52 Å². The third-order valence-corrected chi connectivity index (χ3v) is 2.40. The monoisotopic (exact) mass is 194 g/mol. The van der Waals surface area contributed by atoms with Gasteiger partial charge in [0.1, 0.15) is 0 Å². The third kappa shape index (κ3) is 0.951. The molecule has 14 heavy (non-hydrogen) atoms. The fourth-order valence-electron chi connectivity index (χ4n) is 1.55. The van der Waals surface area contributed by atoms with Gasteiger partial charge in [0.15, 0.2) is 0 Å². The number of fused-ring (bicyclic) bond motifs is 1. The zero-order valence-electron chi connectivity index (χ0n) is 8.35. The molecule has 5 nitrogen and oxygen atoms in total. The van der Waals surface area contributed by atoms with Gasteiger partial charge in [-0.3, -0.25) is 4.79 Å². The van der Waals surface area contributed by atoms with Crippen molar-refractivity contribution in [2.75, 3.05) is 0 Å². The highest BCUT2D eigenvalue weighted by Gasteiger charge is 2.17. The van der Waals surface area contributed by atoms with Crippen LogP contribution in [0.2, 0.25) is 0 Å². The normalized spacial score (nSPS) is 11.1. The summed E-state index contributed by atoms with van der Waals surface area (Å²) in [5.41, 5.74) is 1.19. The molecule has 2 aromatic heterocycles. The Balaban J connectivity index is 3.05. The first-order valence-corrected chi connectivity index (χ1v) is 4.29. The smallest absolute Gasteiger partial charge is 0.332 e. The minimum absolute atomic E-state index is 0.0619. The minimum atomic E-state index is -0.0619. The number of rotatable bonds is 0. The maximum absolute atomic E-state index is 11.6. The summed E-state index contributed by atoms with van der Waals surface area (Å²) in [5, 5.41) is 9.66. The van der Waals surface area contributed by atoms with Gasteiger partial charge in [-0.2, -0.15) is 4.68 Å². The zero-order valence-corrected chi connectivity index (χ0v) is 8.35. The maximum Gasteiger partial charge on any atom is 0.332 e. The number of aromatic nitrogens is 3. The molecule has 0 saturated carbocycles. The van der Waals surface area contributed by atoms with E-state index in [2.05, 4.69) is 0 Å². The fraction of sp³-hybridized carbons (Fsp3) is 0.333. The number of imidazole rings is 1. The number of nitrogens with zero attached hydrogens (tertiary/aromatic N) is 3. The Morgan fingerprint density at radius 1 is 1.50 bits per heavy atom. The van der Waals surface area contributed by atoms with Crippen LogP contribution < -0.4 is 10.1 Å². The second-order valence-electron chi connectivity index (χ2n) is 3.44. The lowest BCUT2D eigenvalue weighted by molar-refractivity contribution is -0.676. The Hall–Kier alpha value is -1.78. The first-order valence-electron chi connectivity index (χ1n) is 4.29. The van der Waals surface area contributed by atoms with Crippen LogP contribution >= 0.6 is 0 Å². The highest BCUT2D eigenvalue weighted by Crippen LogP contribution is 2.12. The van der Waals surface area contributed by atoms with Crippen LogP contribution in [-0.2, 0) is 14.1 Å². The van der Waals surface area contributed by atoms with Gasteiger partial charge in [0.25, 0.3) is 11.9 Å². The molecule has 0 aliphatic rings. The van der Waals surface area contributed by atoms with E-state index in [-0.39, 0.29) is 11.4 Å². The molecule has 0 amide bonds. The molecule has 0 bridgehead atoms. The quantitative estimate of drug-likeness (QED) is 0.573. The van der Waals surface area contributed by atoms with Crippen LogP contribution in [0.25, 0.3) is 5.52 Å². The highest BCUT2D eigenvalue weighted by molar-refractivity contribution is 5.53. The van der Waals surface area contributed by atoms with Gasteiger partial charge in [0, 0.05) is 11.6 Å². The van der Waals surface area contributed by atoms with Crippen LogP contribution in [0.5, 0.6) is 5.88 Å². The van der Waals surface area contributed by atoms with Crippen molar-refractivity contribution in [2.24, 2.45) is 14.1 Å². The lowest BCUT2D eigenvalue weighted by Gasteiger charge is -1.96. The second-order valence-corrected chi connectivity index (χ2v) is 3.44. The molecule has 0 atom stereocenters. The van der Waals surface area contributed by atoms with Crippen molar-refractivity contribution in [1.29, 1.82) is 0 Å². The van der Waals surface area contributed by atoms with E-state index < -0.39 is 0 Å². The summed E-state index contributed by atoms with van der Waals surface area (Å²) in [5.74, 6) is 0.156. The Morgan fingerprint density at radius 2 is 2.14 bits per heavy atom. The molecular formula is C9H12N3O2+. The summed E-state index contributed by atoms with van der Waals surface area (Å²) in [6.07, 6.45) is 1.66. The Kier molecular flexibility index (Phi) is 1.64. The fourth-order valence-corrected chi connectivity index (χ4v) is 1.55. The van der Waals surface area contributed by atoms with E-state index in [9.17, 15) is 9.90 Å². The topological polar surface area (TPSA) is 50.5 Å². The van der Waals surface area contributed by atoms with Crippen molar-refractivity contribution in [3.63, 3.8) is 0 Å². The third-order valence-electron chi connectivity index (χ3n) is 2.40. The molecule has 0 fully saturated rings. The first kappa shape index (κ1) is 8.80. The summed E-state index contributed by atoms with van der Waals surface area (Å²) in [6.45, 7) is 1.73. The van der Waals surface area contributed by atoms with E-state index in [0.29, 0.717) is 11.1 Å². The minimum Gasteiger partial charge on any atom is -0.475 e. The number of hydrogen-bond donors (Lipinski definition) is 1. The largest absolute Gasteiger partial charge is 0.475 e. The maximum atomic E-state index is 11.6. The molecule has 0 spiro atoms. The van der Waals surface area contributed by atoms with Gasteiger partial charge in [-0.15, -0.1) is 4.52 Å². The number of aromatic hydroxyl groups is 1. The lowest BCUT2D eigenvalue weighted by atomic mass is 10.3. The lowest BCUT2D eigenvalue weighted by Crippen LogP contribution is -2.27. The van der Waals surface area contributed by atoms with Crippen molar-refractivity contribution in [3.05, 3.63) is 28.3 Å². The van der Waals surface area contributed by atoms with Crippen molar-refractivity contribution in [2.45, 2.75) is 6.92 Å². The molecule has 0 aliphatic heterocycles. The molecule has 2 heterocycles. The van der Waals surface area contributed by atoms with Gasteiger partial charge in [0.2, 0.25) is 5.52 Å². The van der Waals surface area contributed by atoms with E-state index in [0.717, 1.165) is 0 Å². The Bertz CT molecular complexity index is 565. The van der Waals surface area contributed by atoms with E-state index in [1.807, 2.05) is 0 Å². The highest BCUT2D eigenvalue weighted by atomic mass is 16.3. The van der Waals surface area contributed by atoms with Crippen molar-refractivity contribution in [3.8, 4) is 5.88 Å². The molecule has 2 aromatic rings. The van der Waals surface area contributed by atoms with E-state index >= 15 is 0 Å². The van der Waals surface area contributed by atoms with Crippen LogP contribution in [0.1, 0.15) is 5.56 Å². The van der Waals surface area contributed by atoms with Crippen LogP contribution in [0.15, 0.2) is 17.2 Å². The molecule has 1 N–H and O–H groups in total. The van der Waals surface area contributed by atoms with Crippen LogP contribution in [0.4, 0.5) is 0 Å². The van der Waals surface area contributed by atoms with Crippen molar-refractivity contribution in [1.82, 2.24) is 9.20 Å².